The van der Waals surface area contributed by atoms with E-state index in [-0.39, 0.29) is 24.4 Å². The minimum Gasteiger partial charge on any atom is -0.368 e. The zero-order valence-electron chi connectivity index (χ0n) is 11.7. The Morgan fingerprint density at radius 2 is 1.74 bits per heavy atom. The van der Waals surface area contributed by atoms with Crippen LogP contribution in [0.3, 0.4) is 0 Å². The quantitative estimate of drug-likeness (QED) is 0.602. The molecule has 2 rings (SSSR count). The number of rotatable bonds is 5. The van der Waals surface area contributed by atoms with E-state index in [9.17, 15) is 4.79 Å². The first-order chi connectivity index (χ1) is 8.86. The number of hydrogen-bond acceptors (Lipinski definition) is 3. The zero-order valence-corrected chi connectivity index (χ0v) is 12.5. The van der Waals surface area contributed by atoms with Crippen LogP contribution in [0.25, 0.3) is 0 Å². The van der Waals surface area contributed by atoms with Gasteiger partial charge in [-0.3, -0.25) is 4.79 Å². The fourth-order valence-electron chi connectivity index (χ4n) is 2.84. The molecule has 2 fully saturated rings. The van der Waals surface area contributed by atoms with Crippen molar-refractivity contribution in [2.45, 2.75) is 63.5 Å². The van der Waals surface area contributed by atoms with Gasteiger partial charge in [0.25, 0.3) is 0 Å². The first-order valence-electron chi connectivity index (χ1n) is 7.49. The SMILES string of the molecule is Cl.O=C(NCCNC1CCCCCC1)C1CCCO1. The molecule has 4 nitrogen and oxygen atoms in total. The number of carbonyl (C=O) groups excluding carboxylic acids is 1. The van der Waals surface area contributed by atoms with Crippen molar-refractivity contribution in [2.24, 2.45) is 0 Å². The van der Waals surface area contributed by atoms with Crippen LogP contribution < -0.4 is 10.6 Å². The predicted octanol–water partition coefficient (Wildman–Crippen LogP) is 2.02. The summed E-state index contributed by atoms with van der Waals surface area (Å²) in [6, 6.07) is 0.659. The maximum absolute atomic E-state index is 11.7. The molecule has 0 spiro atoms. The number of hydrogen-bond donors (Lipinski definition) is 2. The fraction of sp³-hybridized carbons (Fsp3) is 0.929. The van der Waals surface area contributed by atoms with Crippen LogP contribution in [-0.2, 0) is 9.53 Å². The monoisotopic (exact) mass is 290 g/mol. The molecule has 0 bridgehead atoms. The third-order valence-electron chi connectivity index (χ3n) is 3.93. The second-order valence-electron chi connectivity index (χ2n) is 5.44. The molecule has 1 unspecified atom stereocenters. The van der Waals surface area contributed by atoms with Crippen molar-refractivity contribution < 1.29 is 9.53 Å². The minimum absolute atomic E-state index is 0. The van der Waals surface area contributed by atoms with Crippen LogP contribution in [0.2, 0.25) is 0 Å². The van der Waals surface area contributed by atoms with Crippen molar-refractivity contribution in [3.05, 3.63) is 0 Å². The molecule has 112 valence electrons. The smallest absolute Gasteiger partial charge is 0.249 e. The van der Waals surface area contributed by atoms with Gasteiger partial charge in [-0.25, -0.2) is 0 Å². The van der Waals surface area contributed by atoms with Gasteiger partial charge in [-0.15, -0.1) is 12.4 Å². The topological polar surface area (TPSA) is 50.4 Å². The molecule has 19 heavy (non-hydrogen) atoms. The Kier molecular flexibility index (Phi) is 8.42. The first kappa shape index (κ1) is 16.7. The highest BCUT2D eigenvalue weighted by atomic mass is 35.5. The molecule has 0 radical (unpaired) electrons. The second-order valence-corrected chi connectivity index (χ2v) is 5.44. The lowest BCUT2D eigenvalue weighted by molar-refractivity contribution is -0.129. The Labute approximate surface area is 122 Å². The maximum Gasteiger partial charge on any atom is 0.249 e. The Hall–Kier alpha value is -0.320. The Morgan fingerprint density at radius 3 is 2.37 bits per heavy atom. The molecule has 0 aromatic carbocycles. The van der Waals surface area contributed by atoms with Gasteiger partial charge >= 0.3 is 0 Å². The zero-order chi connectivity index (χ0) is 12.6. The summed E-state index contributed by atoms with van der Waals surface area (Å²) in [5.41, 5.74) is 0. The van der Waals surface area contributed by atoms with E-state index in [1.54, 1.807) is 0 Å². The molecule has 1 saturated heterocycles. The van der Waals surface area contributed by atoms with E-state index in [1.807, 2.05) is 0 Å². The molecule has 2 N–H and O–H groups in total. The van der Waals surface area contributed by atoms with Crippen molar-refractivity contribution in [1.82, 2.24) is 10.6 Å². The van der Waals surface area contributed by atoms with Crippen LogP contribution in [0.15, 0.2) is 0 Å². The molecule has 1 heterocycles. The average molecular weight is 291 g/mol. The number of halogens is 1. The van der Waals surface area contributed by atoms with Crippen molar-refractivity contribution in [3.8, 4) is 0 Å². The van der Waals surface area contributed by atoms with Crippen molar-refractivity contribution in [2.75, 3.05) is 19.7 Å². The van der Waals surface area contributed by atoms with Crippen molar-refractivity contribution >= 4 is 18.3 Å². The Morgan fingerprint density at radius 1 is 1.00 bits per heavy atom. The van der Waals surface area contributed by atoms with E-state index in [2.05, 4.69) is 10.6 Å². The van der Waals surface area contributed by atoms with E-state index >= 15 is 0 Å². The van der Waals surface area contributed by atoms with E-state index < -0.39 is 0 Å². The van der Waals surface area contributed by atoms with Gasteiger partial charge in [-0.2, -0.15) is 0 Å². The van der Waals surface area contributed by atoms with Crippen LogP contribution >= 0.6 is 12.4 Å². The predicted molar refractivity (Wildman–Crippen MR) is 78.7 cm³/mol. The van der Waals surface area contributed by atoms with Gasteiger partial charge in [-0.05, 0) is 25.7 Å². The van der Waals surface area contributed by atoms with Crippen molar-refractivity contribution in [3.63, 3.8) is 0 Å². The lowest BCUT2D eigenvalue weighted by atomic mass is 10.1. The molecule has 1 aliphatic carbocycles. The van der Waals surface area contributed by atoms with Crippen LogP contribution in [0.4, 0.5) is 0 Å². The molecule has 1 saturated carbocycles. The third kappa shape index (κ3) is 6.11. The lowest BCUT2D eigenvalue weighted by Crippen LogP contribution is -2.40. The highest BCUT2D eigenvalue weighted by Crippen LogP contribution is 2.16. The maximum atomic E-state index is 11.7. The summed E-state index contributed by atoms with van der Waals surface area (Å²) in [5.74, 6) is 0.0650. The van der Waals surface area contributed by atoms with Crippen LogP contribution in [0.5, 0.6) is 0 Å². The summed E-state index contributed by atoms with van der Waals surface area (Å²) in [6.45, 7) is 2.33. The second kappa shape index (κ2) is 9.56. The summed E-state index contributed by atoms with van der Waals surface area (Å²) in [6.07, 6.45) is 9.74. The molecule has 1 aliphatic heterocycles. The van der Waals surface area contributed by atoms with E-state index in [0.29, 0.717) is 6.04 Å². The lowest BCUT2D eigenvalue weighted by Gasteiger charge is -2.17. The molecule has 1 amide bonds. The first-order valence-corrected chi connectivity index (χ1v) is 7.49. The number of amides is 1. The normalized spacial score (nSPS) is 24.5. The molecule has 5 heteroatoms. The fourth-order valence-corrected chi connectivity index (χ4v) is 2.84. The van der Waals surface area contributed by atoms with Crippen LogP contribution in [-0.4, -0.2) is 37.7 Å². The van der Waals surface area contributed by atoms with Gasteiger partial charge in [-0.1, -0.05) is 25.7 Å². The number of carbonyl (C=O) groups is 1. The summed E-state index contributed by atoms with van der Waals surface area (Å²) in [7, 11) is 0. The minimum atomic E-state index is -0.192. The highest BCUT2D eigenvalue weighted by molar-refractivity contribution is 5.85. The standard InChI is InChI=1S/C14H26N2O2.ClH/c17-14(13-8-5-11-18-13)16-10-9-15-12-6-3-1-2-4-7-12;/h12-13,15H,1-11H2,(H,16,17);1H. The highest BCUT2D eigenvalue weighted by Gasteiger charge is 2.22. The van der Waals surface area contributed by atoms with Gasteiger partial charge in [0.1, 0.15) is 6.10 Å². The average Bonchev–Trinajstić information content (AvgIpc) is 2.80. The molecule has 0 aromatic heterocycles. The third-order valence-corrected chi connectivity index (χ3v) is 3.93. The molecular weight excluding hydrogens is 264 g/mol. The van der Waals surface area contributed by atoms with Gasteiger partial charge < -0.3 is 15.4 Å². The van der Waals surface area contributed by atoms with Crippen LogP contribution in [0, 0.1) is 0 Å². The van der Waals surface area contributed by atoms with E-state index in [4.69, 9.17) is 4.74 Å². The summed E-state index contributed by atoms with van der Waals surface area (Å²) < 4.78 is 5.35. The van der Waals surface area contributed by atoms with Gasteiger partial charge in [0.15, 0.2) is 0 Å². The van der Waals surface area contributed by atoms with E-state index in [0.717, 1.165) is 32.5 Å². The molecule has 2 aliphatic rings. The van der Waals surface area contributed by atoms with Crippen molar-refractivity contribution in [1.29, 1.82) is 0 Å². The Bertz CT molecular complexity index is 250. The summed E-state index contributed by atoms with van der Waals surface area (Å²) in [5, 5.41) is 6.51. The largest absolute Gasteiger partial charge is 0.368 e. The number of nitrogens with one attached hydrogen (secondary N) is 2. The molecule has 1 atom stereocenters. The van der Waals surface area contributed by atoms with E-state index in [1.165, 1.54) is 38.5 Å². The van der Waals surface area contributed by atoms with Gasteiger partial charge in [0.05, 0.1) is 0 Å². The summed E-state index contributed by atoms with van der Waals surface area (Å²) in [4.78, 5) is 11.7. The summed E-state index contributed by atoms with van der Waals surface area (Å²) >= 11 is 0. The van der Waals surface area contributed by atoms with Crippen LogP contribution in [0.1, 0.15) is 51.4 Å². The molecule has 0 aromatic rings. The van der Waals surface area contributed by atoms with Gasteiger partial charge in [0, 0.05) is 25.7 Å². The Balaban J connectivity index is 0.00000180. The van der Waals surface area contributed by atoms with Gasteiger partial charge in [0.2, 0.25) is 5.91 Å². The molecular formula is C14H27ClN2O2. The number of ether oxygens (including phenoxy) is 1.